The van der Waals surface area contributed by atoms with Crippen LogP contribution in [-0.4, -0.2) is 13.0 Å². The summed E-state index contributed by atoms with van der Waals surface area (Å²) in [5.41, 5.74) is 3.21. The summed E-state index contributed by atoms with van der Waals surface area (Å²) in [7, 11) is 1.64. The molecule has 1 aromatic rings. The number of hydrogen-bond donors (Lipinski definition) is 1. The fraction of sp³-hybridized carbons (Fsp3) is 0.467. The van der Waals surface area contributed by atoms with Crippen LogP contribution >= 0.6 is 0 Å². The van der Waals surface area contributed by atoms with Crippen molar-refractivity contribution in [1.82, 2.24) is 5.32 Å². The summed E-state index contributed by atoms with van der Waals surface area (Å²) in [4.78, 5) is 11.7. The van der Waals surface area contributed by atoms with Gasteiger partial charge in [0.25, 0.3) is 0 Å². The minimum absolute atomic E-state index is 0.210. The molecule has 0 saturated carbocycles. The first kappa shape index (κ1) is 15.0. The zero-order chi connectivity index (χ0) is 14.4. The zero-order valence-electron chi connectivity index (χ0n) is 11.9. The topological polar surface area (TPSA) is 62.1 Å². The molecular weight excluding hydrogens is 240 g/mol. The summed E-state index contributed by atoms with van der Waals surface area (Å²) >= 11 is 0. The standard InChI is InChI=1S/C15H20N2O2/c1-5-12(8-16)15(18)17-9-13-6-7-14(19-4)11(3)10(13)2/h6-7,12H,5,9H2,1-4H3,(H,17,18). The Bertz CT molecular complexity index is 504. The highest BCUT2D eigenvalue weighted by Crippen LogP contribution is 2.23. The molecule has 1 unspecified atom stereocenters. The first-order valence-electron chi connectivity index (χ1n) is 6.35. The van der Waals surface area contributed by atoms with E-state index in [9.17, 15) is 4.79 Å². The van der Waals surface area contributed by atoms with Gasteiger partial charge in [0.2, 0.25) is 5.91 Å². The molecule has 1 N–H and O–H groups in total. The predicted octanol–water partition coefficient (Wildman–Crippen LogP) is 2.48. The van der Waals surface area contributed by atoms with Crippen molar-refractivity contribution < 1.29 is 9.53 Å². The Balaban J connectivity index is 2.77. The summed E-state index contributed by atoms with van der Waals surface area (Å²) in [6, 6.07) is 5.83. The average molecular weight is 260 g/mol. The van der Waals surface area contributed by atoms with Crippen molar-refractivity contribution in [2.24, 2.45) is 5.92 Å². The third-order valence-electron chi connectivity index (χ3n) is 3.40. The normalized spacial score (nSPS) is 11.5. The Hall–Kier alpha value is -2.02. The van der Waals surface area contributed by atoms with Gasteiger partial charge < -0.3 is 10.1 Å². The molecule has 0 bridgehead atoms. The Kier molecular flexibility index (Phi) is 5.37. The highest BCUT2D eigenvalue weighted by Gasteiger charge is 2.15. The largest absolute Gasteiger partial charge is 0.496 e. The highest BCUT2D eigenvalue weighted by atomic mass is 16.5. The van der Waals surface area contributed by atoms with Gasteiger partial charge in [-0.05, 0) is 43.0 Å². The molecule has 0 aliphatic carbocycles. The summed E-state index contributed by atoms with van der Waals surface area (Å²) in [5.74, 6) is 0.0635. The van der Waals surface area contributed by atoms with Crippen LogP contribution in [0, 0.1) is 31.1 Å². The van der Waals surface area contributed by atoms with E-state index in [-0.39, 0.29) is 5.91 Å². The highest BCUT2D eigenvalue weighted by molar-refractivity contribution is 5.80. The number of ether oxygens (including phenoxy) is 1. The molecule has 0 heterocycles. The Morgan fingerprint density at radius 2 is 2.11 bits per heavy atom. The molecule has 0 aliphatic rings. The van der Waals surface area contributed by atoms with Crippen molar-refractivity contribution >= 4 is 5.91 Å². The number of benzene rings is 1. The molecule has 1 aromatic carbocycles. The molecule has 19 heavy (non-hydrogen) atoms. The molecule has 1 rings (SSSR count). The lowest BCUT2D eigenvalue weighted by atomic mass is 10.0. The maximum absolute atomic E-state index is 11.7. The van der Waals surface area contributed by atoms with E-state index in [1.807, 2.05) is 39.0 Å². The molecule has 0 fully saturated rings. The van der Waals surface area contributed by atoms with Crippen LogP contribution in [0.25, 0.3) is 0 Å². The van der Waals surface area contributed by atoms with E-state index in [4.69, 9.17) is 10.00 Å². The smallest absolute Gasteiger partial charge is 0.237 e. The molecular formula is C15H20N2O2. The van der Waals surface area contributed by atoms with Gasteiger partial charge in [-0.3, -0.25) is 4.79 Å². The summed E-state index contributed by atoms with van der Waals surface area (Å²) in [6.07, 6.45) is 0.531. The van der Waals surface area contributed by atoms with Crippen LogP contribution in [-0.2, 0) is 11.3 Å². The molecule has 0 aliphatic heterocycles. The Morgan fingerprint density at radius 3 is 2.63 bits per heavy atom. The van der Waals surface area contributed by atoms with E-state index in [2.05, 4.69) is 5.32 Å². The van der Waals surface area contributed by atoms with Crippen LogP contribution in [0.3, 0.4) is 0 Å². The number of nitriles is 1. The minimum Gasteiger partial charge on any atom is -0.496 e. The molecule has 0 aromatic heterocycles. The Labute approximate surface area is 114 Å². The fourth-order valence-electron chi connectivity index (χ4n) is 1.91. The maximum atomic E-state index is 11.7. The van der Waals surface area contributed by atoms with Crippen LogP contribution in [0.15, 0.2) is 12.1 Å². The average Bonchev–Trinajstić information content (AvgIpc) is 2.42. The van der Waals surface area contributed by atoms with Gasteiger partial charge in [-0.15, -0.1) is 0 Å². The van der Waals surface area contributed by atoms with Crippen molar-refractivity contribution in [3.63, 3.8) is 0 Å². The lowest BCUT2D eigenvalue weighted by Gasteiger charge is -2.14. The van der Waals surface area contributed by atoms with Crippen LogP contribution in [0.1, 0.15) is 30.0 Å². The second kappa shape index (κ2) is 6.79. The van der Waals surface area contributed by atoms with E-state index in [0.717, 1.165) is 22.4 Å². The zero-order valence-corrected chi connectivity index (χ0v) is 11.9. The first-order valence-corrected chi connectivity index (χ1v) is 6.35. The Morgan fingerprint density at radius 1 is 1.42 bits per heavy atom. The summed E-state index contributed by atoms with van der Waals surface area (Å²) in [6.45, 7) is 6.26. The lowest BCUT2D eigenvalue weighted by Crippen LogP contribution is -2.29. The second-order valence-corrected chi connectivity index (χ2v) is 4.48. The van der Waals surface area contributed by atoms with Gasteiger partial charge in [-0.25, -0.2) is 0 Å². The van der Waals surface area contributed by atoms with Gasteiger partial charge in [0.1, 0.15) is 11.7 Å². The molecule has 0 radical (unpaired) electrons. The van der Waals surface area contributed by atoms with Crippen molar-refractivity contribution in [3.05, 3.63) is 28.8 Å². The number of amides is 1. The molecule has 4 heteroatoms. The lowest BCUT2D eigenvalue weighted by molar-refractivity contribution is -0.123. The van der Waals surface area contributed by atoms with Gasteiger partial charge in [-0.2, -0.15) is 5.26 Å². The van der Waals surface area contributed by atoms with Crippen molar-refractivity contribution in [2.45, 2.75) is 33.7 Å². The first-order chi connectivity index (χ1) is 9.04. The maximum Gasteiger partial charge on any atom is 0.237 e. The van der Waals surface area contributed by atoms with Crippen molar-refractivity contribution in [3.8, 4) is 11.8 Å². The molecule has 1 amide bonds. The number of hydrogen-bond acceptors (Lipinski definition) is 3. The molecule has 102 valence electrons. The van der Waals surface area contributed by atoms with Crippen molar-refractivity contribution in [2.75, 3.05) is 7.11 Å². The third kappa shape index (κ3) is 3.47. The third-order valence-corrected chi connectivity index (χ3v) is 3.40. The van der Waals surface area contributed by atoms with Gasteiger partial charge in [-0.1, -0.05) is 13.0 Å². The predicted molar refractivity (Wildman–Crippen MR) is 73.7 cm³/mol. The number of methoxy groups -OCH3 is 1. The van der Waals surface area contributed by atoms with E-state index in [1.54, 1.807) is 7.11 Å². The summed E-state index contributed by atoms with van der Waals surface area (Å²) < 4.78 is 5.25. The van der Waals surface area contributed by atoms with E-state index >= 15 is 0 Å². The number of rotatable bonds is 5. The van der Waals surface area contributed by atoms with Crippen LogP contribution in [0.4, 0.5) is 0 Å². The number of nitrogens with one attached hydrogen (secondary N) is 1. The number of nitrogens with zero attached hydrogens (tertiary/aromatic N) is 1. The molecule has 1 atom stereocenters. The number of carbonyl (C=O) groups is 1. The fourth-order valence-corrected chi connectivity index (χ4v) is 1.91. The van der Waals surface area contributed by atoms with E-state index in [0.29, 0.717) is 13.0 Å². The molecule has 4 nitrogen and oxygen atoms in total. The van der Waals surface area contributed by atoms with Gasteiger partial charge in [0.05, 0.1) is 13.2 Å². The quantitative estimate of drug-likeness (QED) is 0.884. The SMILES string of the molecule is CCC(C#N)C(=O)NCc1ccc(OC)c(C)c1C. The van der Waals surface area contributed by atoms with E-state index in [1.165, 1.54) is 0 Å². The van der Waals surface area contributed by atoms with Crippen LogP contribution < -0.4 is 10.1 Å². The van der Waals surface area contributed by atoms with Gasteiger partial charge in [0, 0.05) is 6.54 Å². The minimum atomic E-state index is -0.570. The number of carbonyl (C=O) groups excluding carboxylic acids is 1. The van der Waals surface area contributed by atoms with Gasteiger partial charge >= 0.3 is 0 Å². The molecule has 0 spiro atoms. The van der Waals surface area contributed by atoms with Crippen LogP contribution in [0.5, 0.6) is 5.75 Å². The van der Waals surface area contributed by atoms with Crippen LogP contribution in [0.2, 0.25) is 0 Å². The second-order valence-electron chi connectivity index (χ2n) is 4.48. The summed E-state index contributed by atoms with van der Waals surface area (Å²) in [5, 5.41) is 11.6. The monoisotopic (exact) mass is 260 g/mol. The van der Waals surface area contributed by atoms with E-state index < -0.39 is 5.92 Å². The molecule has 0 saturated heterocycles. The van der Waals surface area contributed by atoms with Crippen molar-refractivity contribution in [1.29, 1.82) is 5.26 Å². The van der Waals surface area contributed by atoms with Gasteiger partial charge in [0.15, 0.2) is 0 Å².